The third-order valence-corrected chi connectivity index (χ3v) is 5.78. The molecule has 4 aromatic rings. The number of nitrogens with zero attached hydrogens (tertiary/aromatic N) is 1. The van der Waals surface area contributed by atoms with Crippen LogP contribution in [0.15, 0.2) is 70.1 Å². The van der Waals surface area contributed by atoms with Crippen molar-refractivity contribution in [2.45, 2.75) is 20.0 Å². The summed E-state index contributed by atoms with van der Waals surface area (Å²) < 4.78 is 21.8. The number of hydrogen-bond acceptors (Lipinski definition) is 6. The third kappa shape index (κ3) is 5.75. The monoisotopic (exact) mass is 493 g/mol. The Labute approximate surface area is 208 Å². The molecule has 0 bridgehead atoms. The molecule has 8 nitrogen and oxygen atoms in total. The average molecular weight is 494 g/mol. The topological polar surface area (TPSA) is 89.0 Å². The zero-order chi connectivity index (χ0) is 24.8. The molecule has 0 amide bonds. The Morgan fingerprint density at radius 3 is 2.46 bits per heavy atom. The molecule has 182 valence electrons. The van der Waals surface area contributed by atoms with Gasteiger partial charge in [0.25, 0.3) is 5.56 Å². The van der Waals surface area contributed by atoms with Crippen LogP contribution in [0.4, 0.5) is 5.69 Å². The van der Waals surface area contributed by atoms with Gasteiger partial charge in [0.05, 0.1) is 45.7 Å². The van der Waals surface area contributed by atoms with Crippen molar-refractivity contribution in [2.75, 3.05) is 26.1 Å². The van der Waals surface area contributed by atoms with Gasteiger partial charge in [-0.1, -0.05) is 0 Å². The molecular weight excluding hydrogens is 466 g/mol. The fourth-order valence-electron chi connectivity index (χ4n) is 3.70. The smallest absolute Gasteiger partial charge is 0.253 e. The van der Waals surface area contributed by atoms with Crippen molar-refractivity contribution >= 4 is 33.9 Å². The lowest BCUT2D eigenvalue weighted by molar-refractivity contribution is 0.340. The molecule has 35 heavy (non-hydrogen) atoms. The predicted octanol–water partition coefficient (Wildman–Crippen LogP) is 4.94. The number of fused-ring (bicyclic) bond motifs is 1. The van der Waals surface area contributed by atoms with E-state index in [0.29, 0.717) is 40.8 Å². The normalized spacial score (nSPS) is 10.7. The first-order valence-corrected chi connectivity index (χ1v) is 11.5. The molecule has 0 unspecified atom stereocenters. The van der Waals surface area contributed by atoms with Gasteiger partial charge in [-0.3, -0.25) is 4.79 Å². The van der Waals surface area contributed by atoms with Crippen LogP contribution in [0.2, 0.25) is 0 Å². The number of H-pyrrole nitrogens is 1. The number of ether oxygens (including phenoxy) is 3. The van der Waals surface area contributed by atoms with Gasteiger partial charge in [-0.2, -0.15) is 0 Å². The molecule has 0 spiro atoms. The van der Waals surface area contributed by atoms with Gasteiger partial charge < -0.3 is 33.8 Å². The molecule has 0 radical (unpaired) electrons. The van der Waals surface area contributed by atoms with Crippen LogP contribution >= 0.6 is 12.2 Å². The molecule has 2 aromatic heterocycles. The minimum atomic E-state index is -0.210. The molecule has 0 saturated heterocycles. The van der Waals surface area contributed by atoms with Crippen LogP contribution in [0.3, 0.4) is 0 Å². The first-order valence-electron chi connectivity index (χ1n) is 11.1. The number of nitrogens with one attached hydrogen (secondary N) is 2. The number of hydrogen-bond donors (Lipinski definition) is 2. The van der Waals surface area contributed by atoms with E-state index >= 15 is 0 Å². The molecule has 9 heteroatoms. The Balaban J connectivity index is 1.62. The molecule has 0 aliphatic rings. The number of benzene rings is 2. The highest BCUT2D eigenvalue weighted by Gasteiger charge is 2.17. The Morgan fingerprint density at radius 1 is 1.06 bits per heavy atom. The van der Waals surface area contributed by atoms with Crippen molar-refractivity contribution in [1.29, 1.82) is 0 Å². The van der Waals surface area contributed by atoms with Gasteiger partial charge in [0, 0.05) is 22.7 Å². The van der Waals surface area contributed by atoms with Crippen LogP contribution in [0, 0.1) is 0 Å². The Hall–Kier alpha value is -3.98. The maximum Gasteiger partial charge on any atom is 0.253 e. The number of furan rings is 1. The number of aromatic nitrogens is 1. The summed E-state index contributed by atoms with van der Waals surface area (Å²) in [6.45, 7) is 3.19. The highest BCUT2D eigenvalue weighted by Crippen LogP contribution is 2.31. The third-order valence-electron chi connectivity index (χ3n) is 5.42. The molecule has 4 rings (SSSR count). The number of anilines is 1. The van der Waals surface area contributed by atoms with Gasteiger partial charge in [-0.25, -0.2) is 0 Å². The molecule has 2 N–H and O–H groups in total. The van der Waals surface area contributed by atoms with Crippen LogP contribution in [0.1, 0.15) is 18.2 Å². The highest BCUT2D eigenvalue weighted by atomic mass is 32.1. The van der Waals surface area contributed by atoms with Crippen molar-refractivity contribution in [3.8, 4) is 17.2 Å². The highest BCUT2D eigenvalue weighted by molar-refractivity contribution is 7.80. The lowest BCUT2D eigenvalue weighted by atomic mass is 10.1. The van der Waals surface area contributed by atoms with Crippen LogP contribution in [-0.2, 0) is 13.1 Å². The van der Waals surface area contributed by atoms with Crippen molar-refractivity contribution < 1.29 is 18.6 Å². The number of thiocarbonyl (C=S) groups is 1. The van der Waals surface area contributed by atoms with Crippen molar-refractivity contribution in [1.82, 2.24) is 9.88 Å². The number of pyridine rings is 1. The summed E-state index contributed by atoms with van der Waals surface area (Å²) in [6.07, 6.45) is 1.61. The lowest BCUT2D eigenvalue weighted by Gasteiger charge is -2.25. The quantitative estimate of drug-likeness (QED) is 0.317. The minimum absolute atomic E-state index is 0.210. The summed E-state index contributed by atoms with van der Waals surface area (Å²) in [5.41, 5.74) is 1.81. The molecule has 0 fully saturated rings. The van der Waals surface area contributed by atoms with E-state index in [9.17, 15) is 4.79 Å². The van der Waals surface area contributed by atoms with E-state index in [4.69, 9.17) is 30.8 Å². The Bertz CT molecular complexity index is 1350. The zero-order valence-electron chi connectivity index (χ0n) is 19.8. The van der Waals surface area contributed by atoms with E-state index in [2.05, 4.69) is 10.3 Å². The first-order chi connectivity index (χ1) is 17.0. The molecule has 2 heterocycles. The van der Waals surface area contributed by atoms with E-state index in [0.717, 1.165) is 22.6 Å². The minimum Gasteiger partial charge on any atom is -0.494 e. The summed E-state index contributed by atoms with van der Waals surface area (Å²) >= 11 is 5.72. The lowest BCUT2D eigenvalue weighted by Crippen LogP contribution is -2.35. The Morgan fingerprint density at radius 2 is 1.80 bits per heavy atom. The maximum atomic E-state index is 12.9. The van der Waals surface area contributed by atoms with E-state index in [-0.39, 0.29) is 12.1 Å². The van der Waals surface area contributed by atoms with Crippen LogP contribution in [0.5, 0.6) is 17.2 Å². The van der Waals surface area contributed by atoms with E-state index < -0.39 is 0 Å². The second-order valence-electron chi connectivity index (χ2n) is 7.74. The number of rotatable bonds is 9. The number of aromatic amines is 1. The van der Waals surface area contributed by atoms with Gasteiger partial charge >= 0.3 is 0 Å². The summed E-state index contributed by atoms with van der Waals surface area (Å²) in [5.74, 6) is 2.64. The van der Waals surface area contributed by atoms with Crippen LogP contribution in [-0.4, -0.2) is 35.8 Å². The molecular formula is C26H27N3O5S. The predicted molar refractivity (Wildman–Crippen MR) is 139 cm³/mol. The average Bonchev–Trinajstić information content (AvgIpc) is 3.38. The zero-order valence-corrected chi connectivity index (χ0v) is 20.6. The van der Waals surface area contributed by atoms with E-state index in [1.54, 1.807) is 26.5 Å². The van der Waals surface area contributed by atoms with E-state index in [1.807, 2.05) is 60.4 Å². The second kappa shape index (κ2) is 11.0. The SMILES string of the molecule is CCOc1ccc(NC(=S)N(Cc2ccco2)Cc2cc3cc(OC)c(OC)cc3[nH]c2=O)cc1. The van der Waals surface area contributed by atoms with Crippen molar-refractivity contribution in [2.24, 2.45) is 0 Å². The standard InChI is InChI=1S/C26H27N3O5S/c1-4-33-20-9-7-19(8-10-20)27-26(35)29(16-21-6-5-11-34-21)15-18-12-17-13-23(31-2)24(32-3)14-22(17)28-25(18)30/h5-14H,4,15-16H2,1-3H3,(H,27,35)(H,28,30). The molecule has 0 atom stereocenters. The van der Waals surface area contributed by atoms with Gasteiger partial charge in [0.2, 0.25) is 0 Å². The van der Waals surface area contributed by atoms with Gasteiger partial charge in [0.15, 0.2) is 16.6 Å². The van der Waals surface area contributed by atoms with Crippen LogP contribution in [0.25, 0.3) is 10.9 Å². The summed E-state index contributed by atoms with van der Waals surface area (Å²) in [5, 5.41) is 4.52. The van der Waals surface area contributed by atoms with E-state index in [1.165, 1.54) is 0 Å². The maximum absolute atomic E-state index is 12.9. The fraction of sp³-hybridized carbons (Fsp3) is 0.231. The van der Waals surface area contributed by atoms with Gasteiger partial charge in [0.1, 0.15) is 11.5 Å². The first kappa shape index (κ1) is 24.2. The molecule has 0 aliphatic heterocycles. The summed E-state index contributed by atoms with van der Waals surface area (Å²) in [4.78, 5) is 17.8. The van der Waals surface area contributed by atoms with Gasteiger partial charge in [-0.15, -0.1) is 0 Å². The Kier molecular flexibility index (Phi) is 7.57. The number of methoxy groups -OCH3 is 2. The molecule has 0 aliphatic carbocycles. The van der Waals surface area contributed by atoms with Crippen LogP contribution < -0.4 is 25.1 Å². The van der Waals surface area contributed by atoms with Gasteiger partial charge in [-0.05, 0) is 67.7 Å². The fourth-order valence-corrected chi connectivity index (χ4v) is 3.94. The second-order valence-corrected chi connectivity index (χ2v) is 8.13. The molecule has 0 saturated carbocycles. The van der Waals surface area contributed by atoms with Crippen molar-refractivity contribution in [3.63, 3.8) is 0 Å². The summed E-state index contributed by atoms with van der Waals surface area (Å²) in [6, 6.07) is 16.6. The summed E-state index contributed by atoms with van der Waals surface area (Å²) in [7, 11) is 3.13. The largest absolute Gasteiger partial charge is 0.494 e. The van der Waals surface area contributed by atoms with Crippen molar-refractivity contribution in [3.05, 3.63) is 82.5 Å². The molecule has 2 aromatic carbocycles.